The molecule has 0 spiro atoms. The first-order valence-corrected chi connectivity index (χ1v) is 6.94. The largest absolute Gasteiger partial charge is 0.372 e. The average Bonchev–Trinajstić information content (AvgIpc) is 2.82. The van der Waals surface area contributed by atoms with Crippen molar-refractivity contribution in [1.82, 2.24) is 15.0 Å². The lowest BCUT2D eigenvalue weighted by molar-refractivity contribution is 0.810. The molecule has 0 radical (unpaired) electrons. The number of nitrogens with one attached hydrogen (secondary N) is 1. The summed E-state index contributed by atoms with van der Waals surface area (Å²) in [4.78, 5) is 14.1. The molecule has 90 valence electrons. The molecule has 0 aromatic carbocycles. The van der Waals surface area contributed by atoms with Crippen LogP contribution in [0.1, 0.15) is 25.5 Å². The van der Waals surface area contributed by atoms with Gasteiger partial charge >= 0.3 is 0 Å². The highest BCUT2D eigenvalue weighted by Gasteiger charge is 2.15. The molecule has 1 N–H and O–H groups in total. The molecule has 4 nitrogen and oxygen atoms in total. The second-order valence-corrected chi connectivity index (χ2v) is 5.54. The third-order valence-electron chi connectivity index (χ3n) is 2.31. The zero-order valence-electron chi connectivity index (χ0n) is 9.86. The Morgan fingerprint density at radius 2 is 2.12 bits per heavy atom. The molecule has 0 saturated heterocycles. The molecule has 0 fully saturated rings. The van der Waals surface area contributed by atoms with Gasteiger partial charge in [0.05, 0.1) is 20.6 Å². The number of nitrogens with zero attached hydrogens (tertiary/aromatic N) is 3. The van der Waals surface area contributed by atoms with Gasteiger partial charge < -0.3 is 5.32 Å². The fraction of sp³-hybridized carbons (Fsp3) is 0.364. The predicted octanol–water partition coefficient (Wildman–Crippen LogP) is 3.53. The van der Waals surface area contributed by atoms with Crippen molar-refractivity contribution in [2.45, 2.75) is 19.8 Å². The van der Waals surface area contributed by atoms with Crippen LogP contribution in [0.15, 0.2) is 16.2 Å². The molecule has 0 saturated carbocycles. The lowest BCUT2D eigenvalue weighted by Gasteiger charge is -2.12. The Labute approximate surface area is 113 Å². The Balaban J connectivity index is 2.59. The van der Waals surface area contributed by atoms with E-state index in [2.05, 4.69) is 50.0 Å². The zero-order chi connectivity index (χ0) is 12.4. The Hall–Kier alpha value is -1.01. The van der Waals surface area contributed by atoms with Crippen LogP contribution in [-0.2, 0) is 0 Å². The fourth-order valence-corrected chi connectivity index (χ4v) is 2.84. The molecule has 0 unspecified atom stereocenters. The van der Waals surface area contributed by atoms with E-state index in [1.165, 1.54) is 0 Å². The van der Waals surface area contributed by atoms with Crippen LogP contribution in [-0.4, -0.2) is 22.0 Å². The minimum Gasteiger partial charge on any atom is -0.372 e. The maximum absolute atomic E-state index is 4.60. The minimum atomic E-state index is 0.339. The van der Waals surface area contributed by atoms with Crippen LogP contribution in [0.4, 0.5) is 5.82 Å². The van der Waals surface area contributed by atoms with Crippen LogP contribution >= 0.6 is 27.3 Å². The van der Waals surface area contributed by atoms with Crippen molar-refractivity contribution >= 4 is 33.1 Å². The summed E-state index contributed by atoms with van der Waals surface area (Å²) in [5, 5.41) is 3.08. The first-order valence-electron chi connectivity index (χ1n) is 5.27. The molecule has 2 aromatic heterocycles. The molecule has 6 heteroatoms. The normalized spacial score (nSPS) is 10.9. The number of aromatic nitrogens is 3. The molecule has 0 atom stereocenters. The molecule has 0 aliphatic heterocycles. The smallest absolute Gasteiger partial charge is 0.173 e. The molecule has 0 aliphatic carbocycles. The Kier molecular flexibility index (Phi) is 3.73. The van der Waals surface area contributed by atoms with Crippen molar-refractivity contribution in [3.63, 3.8) is 0 Å². The molecule has 0 amide bonds. The van der Waals surface area contributed by atoms with Crippen LogP contribution in [0.25, 0.3) is 10.7 Å². The first kappa shape index (κ1) is 12.4. The lowest BCUT2D eigenvalue weighted by Crippen LogP contribution is -2.04. The van der Waals surface area contributed by atoms with Gasteiger partial charge in [-0.2, -0.15) is 0 Å². The number of rotatable bonds is 3. The van der Waals surface area contributed by atoms with Gasteiger partial charge in [0, 0.05) is 13.2 Å². The molecule has 0 aliphatic rings. The molecule has 2 heterocycles. The van der Waals surface area contributed by atoms with E-state index < -0.39 is 0 Å². The third-order valence-corrected chi connectivity index (χ3v) is 3.86. The van der Waals surface area contributed by atoms with Crippen molar-refractivity contribution in [2.24, 2.45) is 0 Å². The van der Waals surface area contributed by atoms with Crippen molar-refractivity contribution < 1.29 is 0 Å². The minimum absolute atomic E-state index is 0.339. The maximum Gasteiger partial charge on any atom is 0.173 e. The number of anilines is 1. The Bertz CT molecular complexity index is 510. The van der Waals surface area contributed by atoms with Gasteiger partial charge in [-0.05, 0) is 21.8 Å². The third kappa shape index (κ3) is 2.47. The summed E-state index contributed by atoms with van der Waals surface area (Å²) in [5.41, 5.74) is 2.79. The van der Waals surface area contributed by atoms with E-state index in [0.717, 1.165) is 26.7 Å². The van der Waals surface area contributed by atoms with Gasteiger partial charge in [0.2, 0.25) is 0 Å². The number of hydrogen-bond donors (Lipinski definition) is 1. The van der Waals surface area contributed by atoms with Gasteiger partial charge in [-0.3, -0.25) is 4.98 Å². The highest BCUT2D eigenvalue weighted by molar-refractivity contribution is 9.10. The highest BCUT2D eigenvalue weighted by atomic mass is 79.9. The van der Waals surface area contributed by atoms with Crippen LogP contribution in [0.5, 0.6) is 0 Å². The molecule has 2 aromatic rings. The van der Waals surface area contributed by atoms with Crippen LogP contribution < -0.4 is 5.32 Å². The second-order valence-electron chi connectivity index (χ2n) is 3.87. The van der Waals surface area contributed by atoms with Crippen molar-refractivity contribution in [1.29, 1.82) is 0 Å². The number of hydrogen-bond acceptors (Lipinski definition) is 5. The SMILES string of the molecule is CNc1nc(-c2cncs2)nc(C(C)C)c1Br. The topological polar surface area (TPSA) is 50.7 Å². The predicted molar refractivity (Wildman–Crippen MR) is 74.5 cm³/mol. The standard InChI is InChI=1S/C11H13BrN4S/c1-6(2)9-8(12)11(13-3)16-10(15-9)7-4-14-5-17-7/h4-6H,1-3H3,(H,13,15,16). The maximum atomic E-state index is 4.60. The molecule has 17 heavy (non-hydrogen) atoms. The summed E-state index contributed by atoms with van der Waals surface area (Å²) in [6.07, 6.45) is 1.79. The monoisotopic (exact) mass is 312 g/mol. The van der Waals surface area contributed by atoms with E-state index in [0.29, 0.717) is 5.92 Å². The Morgan fingerprint density at radius 1 is 1.35 bits per heavy atom. The molecular weight excluding hydrogens is 300 g/mol. The molecule has 0 bridgehead atoms. The Morgan fingerprint density at radius 3 is 2.65 bits per heavy atom. The van der Waals surface area contributed by atoms with E-state index in [4.69, 9.17) is 0 Å². The van der Waals surface area contributed by atoms with Crippen LogP contribution in [0.2, 0.25) is 0 Å². The number of halogens is 1. The van der Waals surface area contributed by atoms with E-state index in [1.54, 1.807) is 23.0 Å². The highest BCUT2D eigenvalue weighted by Crippen LogP contribution is 2.31. The average molecular weight is 313 g/mol. The van der Waals surface area contributed by atoms with E-state index >= 15 is 0 Å². The van der Waals surface area contributed by atoms with Crippen LogP contribution in [0.3, 0.4) is 0 Å². The lowest BCUT2D eigenvalue weighted by atomic mass is 10.1. The summed E-state index contributed by atoms with van der Waals surface area (Å²) < 4.78 is 0.934. The van der Waals surface area contributed by atoms with Crippen molar-refractivity contribution in [2.75, 3.05) is 12.4 Å². The van der Waals surface area contributed by atoms with Crippen molar-refractivity contribution in [3.8, 4) is 10.7 Å². The van der Waals surface area contributed by atoms with E-state index in [9.17, 15) is 0 Å². The number of thiazole rings is 1. The van der Waals surface area contributed by atoms with Gasteiger partial charge in [0.1, 0.15) is 5.82 Å². The summed E-state index contributed by atoms with van der Waals surface area (Å²) >= 11 is 5.08. The molecular formula is C11H13BrN4S. The van der Waals surface area contributed by atoms with E-state index in [1.807, 2.05) is 7.05 Å². The fourth-order valence-electron chi connectivity index (χ4n) is 1.45. The summed E-state index contributed by atoms with van der Waals surface area (Å²) in [7, 11) is 1.85. The zero-order valence-corrected chi connectivity index (χ0v) is 12.3. The van der Waals surface area contributed by atoms with Gasteiger partial charge in [-0.25, -0.2) is 9.97 Å². The summed E-state index contributed by atoms with van der Waals surface area (Å²) in [6.45, 7) is 4.23. The van der Waals surface area contributed by atoms with Crippen LogP contribution in [0, 0.1) is 0 Å². The van der Waals surface area contributed by atoms with Gasteiger partial charge in [-0.1, -0.05) is 13.8 Å². The van der Waals surface area contributed by atoms with E-state index in [-0.39, 0.29) is 0 Å². The summed E-state index contributed by atoms with van der Waals surface area (Å²) in [5.74, 6) is 1.88. The van der Waals surface area contributed by atoms with Gasteiger partial charge in [0.25, 0.3) is 0 Å². The molecule has 2 rings (SSSR count). The van der Waals surface area contributed by atoms with Gasteiger partial charge in [0.15, 0.2) is 5.82 Å². The second kappa shape index (κ2) is 5.10. The summed E-state index contributed by atoms with van der Waals surface area (Å²) in [6, 6.07) is 0. The van der Waals surface area contributed by atoms with Gasteiger partial charge in [-0.15, -0.1) is 11.3 Å². The van der Waals surface area contributed by atoms with Crippen molar-refractivity contribution in [3.05, 3.63) is 21.9 Å². The first-order chi connectivity index (χ1) is 8.13. The quantitative estimate of drug-likeness (QED) is 0.942.